The Morgan fingerprint density at radius 1 is 1.21 bits per heavy atom. The Balaban J connectivity index is 2.20. The number of benzene rings is 1. The average Bonchev–Trinajstić information content (AvgIpc) is 2.73. The molecule has 1 saturated carbocycles. The molecule has 0 aromatic heterocycles. The number of methoxy groups -OCH3 is 1. The molecule has 0 bridgehead atoms. The molecular weight excluding hydrogens is 366 g/mol. The first-order valence-corrected chi connectivity index (χ1v) is 9.60. The monoisotopic (exact) mass is 390 g/mol. The van der Waals surface area contributed by atoms with Gasteiger partial charge in [-0.3, -0.25) is 0 Å². The van der Waals surface area contributed by atoms with Crippen LogP contribution in [0.3, 0.4) is 0 Å². The molecule has 1 fully saturated rings. The van der Waals surface area contributed by atoms with Crippen molar-refractivity contribution in [2.45, 2.75) is 25.9 Å². The number of ether oxygens (including phenoxy) is 2. The molecule has 7 nitrogen and oxygen atoms in total. The number of rotatable bonds is 4. The van der Waals surface area contributed by atoms with Crippen molar-refractivity contribution in [1.82, 2.24) is 0 Å². The van der Waals surface area contributed by atoms with E-state index in [0.717, 1.165) is 17.7 Å². The lowest BCUT2D eigenvalue weighted by molar-refractivity contribution is -0.654. The van der Waals surface area contributed by atoms with Gasteiger partial charge in [-0.2, -0.15) is 15.8 Å². The maximum absolute atomic E-state index is 10.0. The Bertz CT molecular complexity index is 962. The zero-order valence-corrected chi connectivity index (χ0v) is 16.8. The van der Waals surface area contributed by atoms with E-state index >= 15 is 0 Å². The van der Waals surface area contributed by atoms with Gasteiger partial charge in [0.05, 0.1) is 50.2 Å². The number of quaternary nitrogens is 1. The quantitative estimate of drug-likeness (QED) is 0.758. The predicted octanol–water partition coefficient (Wildman–Crippen LogP) is 1.89. The van der Waals surface area contributed by atoms with E-state index in [4.69, 9.17) is 14.9 Å². The summed E-state index contributed by atoms with van der Waals surface area (Å²) in [5.74, 6) is -0.504. The minimum absolute atomic E-state index is 0.0335. The van der Waals surface area contributed by atoms with Gasteiger partial charge >= 0.3 is 0 Å². The van der Waals surface area contributed by atoms with Crippen molar-refractivity contribution in [2.24, 2.45) is 17.3 Å². The van der Waals surface area contributed by atoms with Crippen molar-refractivity contribution < 1.29 is 14.8 Å². The lowest BCUT2D eigenvalue weighted by atomic mass is 9.54. The summed E-state index contributed by atoms with van der Waals surface area (Å²) in [4.78, 5) is 0. The van der Waals surface area contributed by atoms with Crippen LogP contribution in [-0.4, -0.2) is 32.0 Å². The lowest BCUT2D eigenvalue weighted by Gasteiger charge is -2.44. The van der Waals surface area contributed by atoms with Crippen LogP contribution in [0.2, 0.25) is 0 Å². The summed E-state index contributed by atoms with van der Waals surface area (Å²) in [6.07, 6.45) is 1.93. The van der Waals surface area contributed by atoms with Gasteiger partial charge in [-0.25, -0.2) is 0 Å². The summed E-state index contributed by atoms with van der Waals surface area (Å²) in [5.41, 5.74) is -0.277. The van der Waals surface area contributed by atoms with Crippen LogP contribution in [0.4, 0.5) is 0 Å². The maximum atomic E-state index is 10.0. The van der Waals surface area contributed by atoms with Crippen molar-refractivity contribution in [3.63, 3.8) is 0 Å². The Labute approximate surface area is 170 Å². The second-order valence-electron chi connectivity index (χ2n) is 7.63. The lowest BCUT2D eigenvalue weighted by Crippen LogP contribution is -2.87. The zero-order chi connectivity index (χ0) is 21.2. The molecule has 148 valence electrons. The number of nitrogens with one attached hydrogen (secondary N) is 1. The molecule has 1 aliphatic carbocycles. The largest absolute Gasteiger partial charge is 0.493 e. The molecule has 3 N–H and O–H groups in total. The summed E-state index contributed by atoms with van der Waals surface area (Å²) < 4.78 is 11.3. The number of fused-ring (bicyclic) bond motifs is 1. The van der Waals surface area contributed by atoms with Crippen LogP contribution in [0.5, 0.6) is 11.5 Å². The standard InChI is InChI=1S/C22H23N5O2/c1-13(2)29-18-5-4-14(8-19(18)28-3)20-17-10-27-7-6-15(17)16(9-23)21(26)22(20,11-24)12-25/h4-6,8,13,16-17,20,26-27H,7,10H2,1-3H3/p+1/t16-,17-,20+/m0/s1. The van der Waals surface area contributed by atoms with E-state index in [1.807, 2.05) is 26.0 Å². The maximum Gasteiger partial charge on any atom is 0.189 e. The molecule has 0 amide bonds. The minimum Gasteiger partial charge on any atom is -0.493 e. The van der Waals surface area contributed by atoms with Gasteiger partial charge in [0.15, 0.2) is 16.9 Å². The van der Waals surface area contributed by atoms with E-state index < -0.39 is 17.3 Å². The van der Waals surface area contributed by atoms with Crippen molar-refractivity contribution in [3.05, 3.63) is 35.4 Å². The predicted molar refractivity (Wildman–Crippen MR) is 105 cm³/mol. The molecule has 1 heterocycles. The number of hydrogen-bond acceptors (Lipinski definition) is 6. The summed E-state index contributed by atoms with van der Waals surface area (Å²) in [6, 6.07) is 11.7. The highest BCUT2D eigenvalue weighted by Gasteiger charge is 2.58. The van der Waals surface area contributed by atoms with Gasteiger partial charge < -0.3 is 20.2 Å². The third-order valence-electron chi connectivity index (χ3n) is 5.68. The molecule has 2 aliphatic rings. The Morgan fingerprint density at radius 3 is 2.52 bits per heavy atom. The van der Waals surface area contributed by atoms with Crippen LogP contribution in [0.25, 0.3) is 0 Å². The molecule has 0 spiro atoms. The number of nitrogens with zero attached hydrogens (tertiary/aromatic N) is 3. The van der Waals surface area contributed by atoms with Gasteiger partial charge in [-0.1, -0.05) is 6.07 Å². The summed E-state index contributed by atoms with van der Waals surface area (Å²) in [5, 5.41) is 40.5. The molecule has 3 atom stereocenters. The molecule has 0 saturated heterocycles. The van der Waals surface area contributed by atoms with Gasteiger partial charge in [0.2, 0.25) is 0 Å². The van der Waals surface area contributed by atoms with Crippen molar-refractivity contribution in [2.75, 3.05) is 20.2 Å². The van der Waals surface area contributed by atoms with Crippen LogP contribution in [0.15, 0.2) is 29.8 Å². The number of hydrogen-bond donors (Lipinski definition) is 2. The fourth-order valence-electron chi connectivity index (χ4n) is 4.44. The second kappa shape index (κ2) is 7.95. The van der Waals surface area contributed by atoms with Crippen molar-refractivity contribution in [3.8, 4) is 29.7 Å². The third kappa shape index (κ3) is 3.23. The van der Waals surface area contributed by atoms with E-state index in [1.165, 1.54) is 0 Å². The highest BCUT2D eigenvalue weighted by atomic mass is 16.5. The molecule has 29 heavy (non-hydrogen) atoms. The molecule has 0 radical (unpaired) electrons. The smallest absolute Gasteiger partial charge is 0.189 e. The van der Waals surface area contributed by atoms with E-state index in [0.29, 0.717) is 18.0 Å². The van der Waals surface area contributed by atoms with Crippen molar-refractivity contribution in [1.29, 1.82) is 21.2 Å². The van der Waals surface area contributed by atoms with E-state index in [1.54, 1.807) is 19.2 Å². The molecule has 7 heteroatoms. The minimum atomic E-state index is -1.71. The van der Waals surface area contributed by atoms with Crippen LogP contribution < -0.4 is 14.8 Å². The second-order valence-corrected chi connectivity index (χ2v) is 7.63. The van der Waals surface area contributed by atoms with Gasteiger partial charge in [0, 0.05) is 11.8 Å². The molecule has 0 unspecified atom stereocenters. The average molecular weight is 390 g/mol. The van der Waals surface area contributed by atoms with E-state index in [-0.39, 0.29) is 17.7 Å². The van der Waals surface area contributed by atoms with E-state index in [9.17, 15) is 15.8 Å². The Kier molecular flexibility index (Phi) is 5.59. The SMILES string of the molecule is COc1cc([C@@H]2[C@H]3C[NH2+]CC=C3[C@H](C#N)C(=N)C2(C#N)C#N)ccc1OC(C)C. The van der Waals surface area contributed by atoms with Gasteiger partial charge in [-0.15, -0.1) is 0 Å². The van der Waals surface area contributed by atoms with Crippen LogP contribution >= 0.6 is 0 Å². The van der Waals surface area contributed by atoms with E-state index in [2.05, 4.69) is 23.5 Å². The molecule has 3 rings (SSSR count). The fraction of sp³-hybridized carbons (Fsp3) is 0.455. The number of nitriles is 3. The normalized spacial score (nSPS) is 25.1. The summed E-state index contributed by atoms with van der Waals surface area (Å²) in [6.45, 7) is 5.21. The van der Waals surface area contributed by atoms with Gasteiger partial charge in [0.1, 0.15) is 5.92 Å². The first-order valence-electron chi connectivity index (χ1n) is 9.60. The highest BCUT2D eigenvalue weighted by molar-refractivity contribution is 6.00. The molecule has 1 aromatic carbocycles. The van der Waals surface area contributed by atoms with Gasteiger partial charge in [-0.05, 0) is 43.2 Å². The molecular formula is C22H24N5O2+. The summed E-state index contributed by atoms with van der Waals surface area (Å²) in [7, 11) is 1.54. The van der Waals surface area contributed by atoms with Crippen LogP contribution in [0, 0.1) is 56.7 Å². The first-order chi connectivity index (χ1) is 13.9. The molecule has 1 aliphatic heterocycles. The highest BCUT2D eigenvalue weighted by Crippen LogP contribution is 2.53. The first kappa shape index (κ1) is 20.4. The molecule has 1 aromatic rings. The third-order valence-corrected chi connectivity index (χ3v) is 5.68. The zero-order valence-electron chi connectivity index (χ0n) is 16.8. The van der Waals surface area contributed by atoms with Crippen LogP contribution in [-0.2, 0) is 0 Å². The van der Waals surface area contributed by atoms with Crippen molar-refractivity contribution >= 4 is 5.71 Å². The topological polar surface area (TPSA) is 130 Å². The van der Waals surface area contributed by atoms with Gasteiger partial charge in [0.25, 0.3) is 0 Å². The summed E-state index contributed by atoms with van der Waals surface area (Å²) >= 11 is 0. The Hall–Kier alpha value is -3.34. The fourth-order valence-corrected chi connectivity index (χ4v) is 4.44. The number of nitrogens with two attached hydrogens (primary N) is 1. The Morgan fingerprint density at radius 2 is 1.93 bits per heavy atom. The van der Waals surface area contributed by atoms with Crippen LogP contribution in [0.1, 0.15) is 25.3 Å².